The van der Waals surface area contributed by atoms with Gasteiger partial charge in [0, 0.05) is 24.5 Å². The fourth-order valence-electron chi connectivity index (χ4n) is 2.71. The Morgan fingerprint density at radius 1 is 1.31 bits per heavy atom. The molecule has 0 atom stereocenters. The summed E-state index contributed by atoms with van der Waals surface area (Å²) in [5, 5.41) is 5.14. The first-order valence-corrected chi connectivity index (χ1v) is 9.27. The van der Waals surface area contributed by atoms with Crippen LogP contribution < -0.4 is 16.0 Å². The highest BCUT2D eigenvalue weighted by atomic mass is 127. The van der Waals surface area contributed by atoms with Gasteiger partial charge in [0.2, 0.25) is 0 Å². The molecule has 0 bridgehead atoms. The van der Waals surface area contributed by atoms with Gasteiger partial charge in [-0.05, 0) is 35.6 Å². The van der Waals surface area contributed by atoms with Crippen LogP contribution in [0.3, 0.4) is 0 Å². The van der Waals surface area contributed by atoms with E-state index in [9.17, 15) is 4.39 Å². The minimum atomic E-state index is -0.223. The number of ether oxygens (including phenoxy) is 1. The van der Waals surface area contributed by atoms with Crippen molar-refractivity contribution >= 4 is 47.0 Å². The zero-order valence-electron chi connectivity index (χ0n) is 14.5. The fraction of sp³-hybridized carbons (Fsp3) is 0.389. The second-order valence-corrected chi connectivity index (χ2v) is 6.88. The second kappa shape index (κ2) is 10.7. The van der Waals surface area contributed by atoms with E-state index in [0.717, 1.165) is 31.6 Å². The summed E-state index contributed by atoms with van der Waals surface area (Å²) in [6, 6.07) is 9.38. The van der Waals surface area contributed by atoms with Crippen LogP contribution in [0, 0.1) is 5.82 Å². The number of halogens is 2. The van der Waals surface area contributed by atoms with E-state index in [4.69, 9.17) is 10.5 Å². The van der Waals surface area contributed by atoms with E-state index >= 15 is 0 Å². The Hall–Kier alpha value is -1.39. The van der Waals surface area contributed by atoms with Crippen LogP contribution in [-0.4, -0.2) is 38.8 Å². The Kier molecular flexibility index (Phi) is 8.60. The number of benzene rings is 1. The molecule has 1 aliphatic rings. The summed E-state index contributed by atoms with van der Waals surface area (Å²) >= 11 is 1.73. The smallest absolute Gasteiger partial charge is 0.188 e. The molecule has 3 N–H and O–H groups in total. The van der Waals surface area contributed by atoms with Gasteiger partial charge in [-0.3, -0.25) is 0 Å². The number of morpholine rings is 1. The van der Waals surface area contributed by atoms with Crippen molar-refractivity contribution < 1.29 is 9.13 Å². The van der Waals surface area contributed by atoms with Crippen molar-refractivity contribution in [1.82, 2.24) is 5.32 Å². The minimum absolute atomic E-state index is 0. The third kappa shape index (κ3) is 6.10. The first-order valence-electron chi connectivity index (χ1n) is 8.39. The number of nitrogens with zero attached hydrogens (tertiary/aromatic N) is 2. The van der Waals surface area contributed by atoms with Gasteiger partial charge in [-0.25, -0.2) is 9.38 Å². The van der Waals surface area contributed by atoms with Crippen molar-refractivity contribution in [2.45, 2.75) is 13.0 Å². The Labute approximate surface area is 174 Å². The topological polar surface area (TPSA) is 62.9 Å². The van der Waals surface area contributed by atoms with Gasteiger partial charge >= 0.3 is 0 Å². The van der Waals surface area contributed by atoms with Crippen LogP contribution in [0.2, 0.25) is 0 Å². The molecule has 0 spiro atoms. The molecule has 2 heterocycles. The van der Waals surface area contributed by atoms with E-state index in [1.807, 2.05) is 23.1 Å². The summed E-state index contributed by atoms with van der Waals surface area (Å²) in [6.45, 7) is 3.81. The summed E-state index contributed by atoms with van der Waals surface area (Å²) < 4.78 is 19.6. The molecular weight excluding hydrogens is 466 g/mol. The molecule has 0 radical (unpaired) electrons. The molecule has 1 saturated heterocycles. The van der Waals surface area contributed by atoms with Crippen molar-refractivity contribution in [3.8, 4) is 0 Å². The molecule has 1 aromatic carbocycles. The van der Waals surface area contributed by atoms with Crippen molar-refractivity contribution in [1.29, 1.82) is 0 Å². The standard InChI is InChI=1S/C18H23FN4OS.HI/c19-16-12-14(3-4-17(16)23-7-9-24-10-8-23)13-22-18(20)21-6-5-15-2-1-11-25-15;/h1-4,11-12H,5-10,13H2,(H3,20,21,22);1H. The molecule has 1 aliphatic heterocycles. The van der Waals surface area contributed by atoms with Crippen molar-refractivity contribution in [3.05, 3.63) is 52.0 Å². The van der Waals surface area contributed by atoms with Crippen LogP contribution >= 0.6 is 35.3 Å². The Morgan fingerprint density at radius 2 is 2.12 bits per heavy atom. The zero-order chi connectivity index (χ0) is 17.5. The van der Waals surface area contributed by atoms with Crippen molar-refractivity contribution in [3.63, 3.8) is 0 Å². The average molecular weight is 490 g/mol. The third-order valence-electron chi connectivity index (χ3n) is 4.05. The molecule has 2 aromatic rings. The number of rotatable bonds is 6. The van der Waals surface area contributed by atoms with E-state index in [-0.39, 0.29) is 29.8 Å². The van der Waals surface area contributed by atoms with Gasteiger partial charge in [-0.1, -0.05) is 12.1 Å². The lowest BCUT2D eigenvalue weighted by Gasteiger charge is -2.29. The number of hydrogen-bond acceptors (Lipinski definition) is 4. The molecule has 26 heavy (non-hydrogen) atoms. The molecule has 1 fully saturated rings. The predicted molar refractivity (Wildman–Crippen MR) is 116 cm³/mol. The maximum atomic E-state index is 14.3. The monoisotopic (exact) mass is 490 g/mol. The lowest BCUT2D eigenvalue weighted by molar-refractivity contribution is 0.122. The molecule has 8 heteroatoms. The van der Waals surface area contributed by atoms with Gasteiger partial charge in [0.1, 0.15) is 5.82 Å². The summed E-state index contributed by atoms with van der Waals surface area (Å²) in [4.78, 5) is 7.60. The highest BCUT2D eigenvalue weighted by Crippen LogP contribution is 2.21. The number of anilines is 1. The number of guanidine groups is 1. The second-order valence-electron chi connectivity index (χ2n) is 5.84. The van der Waals surface area contributed by atoms with Crippen molar-refractivity contribution in [2.75, 3.05) is 37.7 Å². The van der Waals surface area contributed by atoms with Gasteiger partial charge in [0.25, 0.3) is 0 Å². The fourth-order valence-corrected chi connectivity index (χ4v) is 3.42. The van der Waals surface area contributed by atoms with Gasteiger partial charge in [0.15, 0.2) is 5.96 Å². The number of nitrogens with two attached hydrogens (primary N) is 1. The number of thiophene rings is 1. The van der Waals surface area contributed by atoms with E-state index in [1.54, 1.807) is 11.3 Å². The maximum Gasteiger partial charge on any atom is 0.188 e. The zero-order valence-corrected chi connectivity index (χ0v) is 17.6. The lowest BCUT2D eigenvalue weighted by atomic mass is 10.1. The van der Waals surface area contributed by atoms with E-state index in [1.165, 1.54) is 10.9 Å². The van der Waals surface area contributed by atoms with Crippen LogP contribution in [0.15, 0.2) is 40.7 Å². The predicted octanol–water partition coefficient (Wildman–Crippen LogP) is 2.99. The third-order valence-corrected chi connectivity index (χ3v) is 4.99. The molecule has 0 amide bonds. The Bertz CT molecular complexity index is 705. The summed E-state index contributed by atoms with van der Waals surface area (Å²) in [5.74, 6) is 0.160. The maximum absolute atomic E-state index is 14.3. The van der Waals surface area contributed by atoms with Crippen LogP contribution in [0.1, 0.15) is 10.4 Å². The summed E-state index contributed by atoms with van der Waals surface area (Å²) in [6.07, 6.45) is 0.913. The number of aliphatic imine (C=N–C) groups is 1. The molecule has 0 unspecified atom stereocenters. The van der Waals surface area contributed by atoms with Gasteiger partial charge < -0.3 is 20.7 Å². The first-order chi connectivity index (χ1) is 12.2. The molecule has 1 aromatic heterocycles. The highest BCUT2D eigenvalue weighted by Gasteiger charge is 2.15. The first kappa shape index (κ1) is 20.9. The van der Waals surface area contributed by atoms with Gasteiger partial charge in [0.05, 0.1) is 25.4 Å². The van der Waals surface area contributed by atoms with Crippen LogP contribution in [0.5, 0.6) is 0 Å². The number of hydrogen-bond donors (Lipinski definition) is 2. The minimum Gasteiger partial charge on any atom is -0.378 e. The Morgan fingerprint density at radius 3 is 2.81 bits per heavy atom. The highest BCUT2D eigenvalue weighted by molar-refractivity contribution is 14.0. The molecule has 3 rings (SSSR count). The van der Waals surface area contributed by atoms with Crippen LogP contribution in [0.25, 0.3) is 0 Å². The van der Waals surface area contributed by atoms with E-state index in [0.29, 0.717) is 31.4 Å². The Balaban J connectivity index is 0.00000243. The van der Waals surface area contributed by atoms with Crippen LogP contribution in [-0.2, 0) is 17.7 Å². The average Bonchev–Trinajstić information content (AvgIpc) is 3.14. The molecule has 142 valence electrons. The van der Waals surface area contributed by atoms with E-state index in [2.05, 4.69) is 21.8 Å². The molecule has 5 nitrogen and oxygen atoms in total. The lowest BCUT2D eigenvalue weighted by Crippen LogP contribution is -2.36. The summed E-state index contributed by atoms with van der Waals surface area (Å²) in [7, 11) is 0. The van der Waals surface area contributed by atoms with Gasteiger partial charge in [-0.2, -0.15) is 0 Å². The molecular formula is C18H24FIN4OS. The number of nitrogens with one attached hydrogen (secondary N) is 1. The van der Waals surface area contributed by atoms with Crippen molar-refractivity contribution in [2.24, 2.45) is 10.7 Å². The van der Waals surface area contributed by atoms with Crippen LogP contribution in [0.4, 0.5) is 10.1 Å². The summed E-state index contributed by atoms with van der Waals surface area (Å²) in [5.41, 5.74) is 7.30. The molecule has 0 aliphatic carbocycles. The van der Waals surface area contributed by atoms with E-state index < -0.39 is 0 Å². The normalized spacial score (nSPS) is 14.8. The SMILES string of the molecule is I.NC(=NCc1ccc(N2CCOCC2)c(F)c1)NCCc1cccs1. The largest absolute Gasteiger partial charge is 0.378 e. The van der Waals surface area contributed by atoms with Gasteiger partial charge in [-0.15, -0.1) is 35.3 Å². The molecule has 0 saturated carbocycles. The quantitative estimate of drug-likeness (QED) is 0.372.